The molecule has 1 aromatic heterocycles. The predicted octanol–water partition coefficient (Wildman–Crippen LogP) is 1.93. The van der Waals surface area contributed by atoms with Crippen LogP contribution in [-0.2, 0) is 20.0 Å². The minimum absolute atomic E-state index is 0.719. The highest BCUT2D eigenvalue weighted by Gasteiger charge is 2.01. The van der Waals surface area contributed by atoms with E-state index in [0.717, 1.165) is 30.6 Å². The van der Waals surface area contributed by atoms with Crippen molar-refractivity contribution in [3.05, 3.63) is 52.8 Å². The van der Waals surface area contributed by atoms with E-state index in [1.54, 1.807) is 0 Å². The van der Waals surface area contributed by atoms with E-state index in [9.17, 15) is 0 Å². The maximum Gasteiger partial charge on any atom is 0.0991 e. The molecule has 0 aliphatic carbocycles. The molecule has 0 radical (unpaired) electrons. The van der Waals surface area contributed by atoms with Crippen LogP contribution in [0, 0.1) is 18.3 Å². The molecule has 4 heteroatoms. The molecule has 0 unspecified atom stereocenters. The van der Waals surface area contributed by atoms with Gasteiger partial charge in [-0.3, -0.25) is 4.68 Å². The van der Waals surface area contributed by atoms with Crippen molar-refractivity contribution in [2.45, 2.75) is 19.9 Å². The van der Waals surface area contributed by atoms with E-state index in [-0.39, 0.29) is 0 Å². The van der Waals surface area contributed by atoms with E-state index >= 15 is 0 Å². The normalized spacial score (nSPS) is 10.4. The standard InChI is InChI=1S/C15H18N4/c1-12-9-13(10-16)3-4-14(12)11-17-7-5-15-6-8-18-19(15)2/h3-4,6,8-9,17H,5,7,11H2,1-2H3. The first-order valence-corrected chi connectivity index (χ1v) is 6.38. The topological polar surface area (TPSA) is 53.6 Å². The van der Waals surface area contributed by atoms with E-state index in [0.29, 0.717) is 0 Å². The minimum Gasteiger partial charge on any atom is -0.312 e. The van der Waals surface area contributed by atoms with Crippen LogP contribution in [0.4, 0.5) is 0 Å². The van der Waals surface area contributed by atoms with Crippen LogP contribution in [0.5, 0.6) is 0 Å². The summed E-state index contributed by atoms with van der Waals surface area (Å²) in [5.74, 6) is 0. The lowest BCUT2D eigenvalue weighted by Crippen LogP contribution is -2.18. The molecule has 19 heavy (non-hydrogen) atoms. The van der Waals surface area contributed by atoms with Gasteiger partial charge in [0.2, 0.25) is 0 Å². The van der Waals surface area contributed by atoms with Gasteiger partial charge in [0, 0.05) is 38.4 Å². The van der Waals surface area contributed by atoms with Crippen molar-refractivity contribution in [3.63, 3.8) is 0 Å². The maximum absolute atomic E-state index is 8.82. The number of hydrogen-bond acceptors (Lipinski definition) is 3. The molecular weight excluding hydrogens is 236 g/mol. The highest BCUT2D eigenvalue weighted by molar-refractivity contribution is 5.37. The quantitative estimate of drug-likeness (QED) is 0.830. The predicted molar refractivity (Wildman–Crippen MR) is 74.5 cm³/mol. The van der Waals surface area contributed by atoms with Crippen LogP contribution >= 0.6 is 0 Å². The fourth-order valence-electron chi connectivity index (χ4n) is 2.05. The summed E-state index contributed by atoms with van der Waals surface area (Å²) in [4.78, 5) is 0. The highest BCUT2D eigenvalue weighted by atomic mass is 15.3. The largest absolute Gasteiger partial charge is 0.312 e. The van der Waals surface area contributed by atoms with E-state index in [2.05, 4.69) is 16.5 Å². The molecule has 0 atom stereocenters. The number of benzene rings is 1. The zero-order valence-corrected chi connectivity index (χ0v) is 11.3. The lowest BCUT2D eigenvalue weighted by molar-refractivity contribution is 0.642. The van der Waals surface area contributed by atoms with Crippen LogP contribution in [-0.4, -0.2) is 16.3 Å². The molecule has 0 bridgehead atoms. The average molecular weight is 254 g/mol. The Morgan fingerprint density at radius 3 is 2.84 bits per heavy atom. The summed E-state index contributed by atoms with van der Waals surface area (Å²) in [5, 5.41) is 16.4. The first kappa shape index (κ1) is 13.3. The lowest BCUT2D eigenvalue weighted by atomic mass is 10.1. The van der Waals surface area contributed by atoms with Crippen LogP contribution < -0.4 is 5.32 Å². The SMILES string of the molecule is Cc1cc(C#N)ccc1CNCCc1ccnn1C. The monoisotopic (exact) mass is 254 g/mol. The Kier molecular flexibility index (Phi) is 4.32. The first-order valence-electron chi connectivity index (χ1n) is 6.38. The molecule has 0 aliphatic heterocycles. The zero-order chi connectivity index (χ0) is 13.7. The summed E-state index contributed by atoms with van der Waals surface area (Å²) in [6, 6.07) is 10.0. The number of rotatable bonds is 5. The van der Waals surface area contributed by atoms with Crippen LogP contribution in [0.25, 0.3) is 0 Å². The molecule has 1 aromatic carbocycles. The highest BCUT2D eigenvalue weighted by Crippen LogP contribution is 2.10. The zero-order valence-electron chi connectivity index (χ0n) is 11.3. The first-order chi connectivity index (χ1) is 9.20. The van der Waals surface area contributed by atoms with E-state index in [1.165, 1.54) is 11.3 Å². The number of nitriles is 1. The second kappa shape index (κ2) is 6.17. The smallest absolute Gasteiger partial charge is 0.0991 e. The van der Waals surface area contributed by atoms with Crippen molar-refractivity contribution >= 4 is 0 Å². The van der Waals surface area contributed by atoms with Gasteiger partial charge in [0.1, 0.15) is 0 Å². The Bertz CT molecular complexity index is 592. The van der Waals surface area contributed by atoms with Gasteiger partial charge in [-0.2, -0.15) is 10.4 Å². The molecule has 1 N–H and O–H groups in total. The molecule has 0 fully saturated rings. The third-order valence-electron chi connectivity index (χ3n) is 3.27. The van der Waals surface area contributed by atoms with Gasteiger partial charge >= 0.3 is 0 Å². The number of nitrogens with zero attached hydrogens (tertiary/aromatic N) is 3. The van der Waals surface area contributed by atoms with Crippen molar-refractivity contribution in [1.82, 2.24) is 15.1 Å². The van der Waals surface area contributed by atoms with E-state index in [4.69, 9.17) is 5.26 Å². The van der Waals surface area contributed by atoms with Gasteiger partial charge in [-0.1, -0.05) is 6.07 Å². The number of hydrogen-bond donors (Lipinski definition) is 1. The van der Waals surface area contributed by atoms with Gasteiger partial charge in [0.25, 0.3) is 0 Å². The summed E-state index contributed by atoms with van der Waals surface area (Å²) in [6.07, 6.45) is 2.78. The number of nitrogens with one attached hydrogen (secondary N) is 1. The molecule has 4 nitrogen and oxygen atoms in total. The Hall–Kier alpha value is -2.12. The second-order valence-electron chi connectivity index (χ2n) is 4.63. The summed E-state index contributed by atoms with van der Waals surface area (Å²) in [7, 11) is 1.96. The molecule has 0 amide bonds. The third-order valence-corrected chi connectivity index (χ3v) is 3.27. The van der Waals surface area contributed by atoms with Crippen molar-refractivity contribution in [2.75, 3.05) is 6.54 Å². The number of aromatic nitrogens is 2. The van der Waals surface area contributed by atoms with Gasteiger partial charge in [-0.15, -0.1) is 0 Å². The fourth-order valence-corrected chi connectivity index (χ4v) is 2.05. The van der Waals surface area contributed by atoms with Gasteiger partial charge < -0.3 is 5.32 Å². The van der Waals surface area contributed by atoms with Crippen molar-refractivity contribution in [2.24, 2.45) is 7.05 Å². The summed E-state index contributed by atoms with van der Waals surface area (Å²) in [5.41, 5.74) is 4.34. The Labute approximate surface area is 113 Å². The minimum atomic E-state index is 0.719. The van der Waals surface area contributed by atoms with Gasteiger partial charge in [-0.05, 0) is 36.2 Å². The third kappa shape index (κ3) is 3.43. The van der Waals surface area contributed by atoms with Crippen LogP contribution in [0.1, 0.15) is 22.4 Å². The van der Waals surface area contributed by atoms with Gasteiger partial charge in [-0.25, -0.2) is 0 Å². The Morgan fingerprint density at radius 1 is 1.37 bits per heavy atom. The average Bonchev–Trinajstić information content (AvgIpc) is 2.81. The maximum atomic E-state index is 8.82. The Balaban J connectivity index is 1.83. The number of aryl methyl sites for hydroxylation is 2. The van der Waals surface area contributed by atoms with Crippen LogP contribution in [0.3, 0.4) is 0 Å². The summed E-state index contributed by atoms with van der Waals surface area (Å²) < 4.78 is 1.90. The molecular formula is C15H18N4. The summed E-state index contributed by atoms with van der Waals surface area (Å²) >= 11 is 0. The van der Waals surface area contributed by atoms with Gasteiger partial charge in [0.05, 0.1) is 11.6 Å². The molecule has 98 valence electrons. The molecule has 0 saturated heterocycles. The van der Waals surface area contributed by atoms with Crippen molar-refractivity contribution in [3.8, 4) is 6.07 Å². The molecule has 0 saturated carbocycles. The van der Waals surface area contributed by atoms with E-state index < -0.39 is 0 Å². The molecule has 0 spiro atoms. The molecule has 1 heterocycles. The van der Waals surface area contributed by atoms with Gasteiger partial charge in [0.15, 0.2) is 0 Å². The summed E-state index contributed by atoms with van der Waals surface area (Å²) in [6.45, 7) is 3.79. The molecule has 0 aliphatic rings. The second-order valence-corrected chi connectivity index (χ2v) is 4.63. The van der Waals surface area contributed by atoms with Crippen molar-refractivity contribution in [1.29, 1.82) is 5.26 Å². The Morgan fingerprint density at radius 2 is 2.21 bits per heavy atom. The fraction of sp³-hybridized carbons (Fsp3) is 0.333. The van der Waals surface area contributed by atoms with Crippen LogP contribution in [0.2, 0.25) is 0 Å². The van der Waals surface area contributed by atoms with Crippen molar-refractivity contribution < 1.29 is 0 Å². The molecule has 2 rings (SSSR count). The van der Waals surface area contributed by atoms with E-state index in [1.807, 2.05) is 49.1 Å². The van der Waals surface area contributed by atoms with Crippen LogP contribution in [0.15, 0.2) is 30.5 Å². The lowest BCUT2D eigenvalue weighted by Gasteiger charge is -2.08. The molecule has 2 aromatic rings.